The Morgan fingerprint density at radius 2 is 1.78 bits per heavy atom. The Balaban J connectivity index is 1.52. The van der Waals surface area contributed by atoms with Crippen LogP contribution in [0.25, 0.3) is 0 Å². The van der Waals surface area contributed by atoms with Gasteiger partial charge in [-0.05, 0) is 51.7 Å². The van der Waals surface area contributed by atoms with Crippen LogP contribution in [0.2, 0.25) is 0 Å². The van der Waals surface area contributed by atoms with Crippen LogP contribution in [0, 0.1) is 27.7 Å². The molecule has 1 fully saturated rings. The largest absolute Gasteiger partial charge is 0.381 e. The van der Waals surface area contributed by atoms with Crippen molar-refractivity contribution in [2.75, 3.05) is 25.1 Å². The van der Waals surface area contributed by atoms with Crippen LogP contribution in [0.1, 0.15) is 59.7 Å². The summed E-state index contributed by atoms with van der Waals surface area (Å²) in [5.41, 5.74) is 6.06. The number of hydrogen-bond acceptors (Lipinski definition) is 5. The van der Waals surface area contributed by atoms with Gasteiger partial charge in [-0.1, -0.05) is 37.3 Å². The maximum Gasteiger partial charge on any atom is 0.129 e. The second kappa shape index (κ2) is 9.41. The number of benzene rings is 1. The van der Waals surface area contributed by atoms with Crippen LogP contribution < -0.4 is 5.32 Å². The molecule has 0 unspecified atom stereocenters. The summed E-state index contributed by atoms with van der Waals surface area (Å²) < 4.78 is 7.79. The van der Waals surface area contributed by atoms with E-state index in [1.54, 1.807) is 0 Å². The van der Waals surface area contributed by atoms with Gasteiger partial charge in [0, 0.05) is 49.4 Å². The number of nitrogens with zero attached hydrogens (tertiary/aromatic N) is 4. The van der Waals surface area contributed by atoms with Gasteiger partial charge in [0.05, 0.1) is 11.4 Å². The molecule has 1 aliphatic rings. The summed E-state index contributed by atoms with van der Waals surface area (Å²) in [6.07, 6.45) is 2.02. The van der Waals surface area contributed by atoms with Gasteiger partial charge >= 0.3 is 0 Å². The van der Waals surface area contributed by atoms with Gasteiger partial charge in [-0.25, -0.2) is 9.97 Å². The topological polar surface area (TPSA) is 64.9 Å². The summed E-state index contributed by atoms with van der Waals surface area (Å²) in [7, 11) is 0. The van der Waals surface area contributed by atoms with Gasteiger partial charge < -0.3 is 10.1 Å². The summed E-state index contributed by atoms with van der Waals surface area (Å²) in [6.45, 7) is 13.7. The fourth-order valence-electron chi connectivity index (χ4n) is 4.63. The van der Waals surface area contributed by atoms with Crippen molar-refractivity contribution in [1.29, 1.82) is 0 Å². The van der Waals surface area contributed by atoms with Crippen LogP contribution in [0.15, 0.2) is 36.4 Å². The molecule has 6 heteroatoms. The highest BCUT2D eigenvalue weighted by Gasteiger charge is 2.34. The van der Waals surface area contributed by atoms with E-state index >= 15 is 0 Å². The zero-order valence-electron chi connectivity index (χ0n) is 20.0. The lowest BCUT2D eigenvalue weighted by molar-refractivity contribution is 0.0543. The number of aromatic nitrogens is 4. The quantitative estimate of drug-likeness (QED) is 0.576. The summed E-state index contributed by atoms with van der Waals surface area (Å²) >= 11 is 0. The van der Waals surface area contributed by atoms with E-state index in [1.807, 2.05) is 6.92 Å². The molecule has 1 N–H and O–H groups in total. The van der Waals surface area contributed by atoms with Crippen molar-refractivity contribution in [3.8, 4) is 0 Å². The molecule has 32 heavy (non-hydrogen) atoms. The molecule has 1 aliphatic heterocycles. The van der Waals surface area contributed by atoms with Crippen LogP contribution in [0.4, 0.5) is 5.82 Å². The van der Waals surface area contributed by atoms with Crippen molar-refractivity contribution < 1.29 is 4.74 Å². The Bertz CT molecular complexity index is 1050. The average Bonchev–Trinajstić information content (AvgIpc) is 3.05. The van der Waals surface area contributed by atoms with Crippen LogP contribution in [0.5, 0.6) is 0 Å². The third-order valence-corrected chi connectivity index (χ3v) is 7.00. The first-order valence-corrected chi connectivity index (χ1v) is 11.6. The molecular formula is C26H35N5O. The average molecular weight is 434 g/mol. The smallest absolute Gasteiger partial charge is 0.129 e. The van der Waals surface area contributed by atoms with Crippen LogP contribution in [-0.4, -0.2) is 39.5 Å². The van der Waals surface area contributed by atoms with Gasteiger partial charge in [-0.3, -0.25) is 4.68 Å². The molecule has 1 atom stereocenters. The molecule has 0 aliphatic carbocycles. The second-order valence-electron chi connectivity index (χ2n) is 9.22. The Kier molecular flexibility index (Phi) is 6.60. The fourth-order valence-corrected chi connectivity index (χ4v) is 4.63. The van der Waals surface area contributed by atoms with Crippen molar-refractivity contribution in [1.82, 2.24) is 19.7 Å². The minimum Gasteiger partial charge on any atom is -0.381 e. The molecule has 3 aromatic rings. The number of anilines is 1. The molecule has 0 spiro atoms. The van der Waals surface area contributed by atoms with Crippen LogP contribution in [-0.2, 0) is 16.7 Å². The minimum atomic E-state index is 0.0609. The second-order valence-corrected chi connectivity index (χ2v) is 9.22. The molecule has 0 bridgehead atoms. The summed E-state index contributed by atoms with van der Waals surface area (Å²) in [5, 5.41) is 8.36. The molecule has 6 nitrogen and oxygen atoms in total. The number of nitrogens with one attached hydrogen (secondary N) is 1. The van der Waals surface area contributed by atoms with Gasteiger partial charge in [0.1, 0.15) is 11.6 Å². The predicted molar refractivity (Wildman–Crippen MR) is 128 cm³/mol. The van der Waals surface area contributed by atoms with Crippen molar-refractivity contribution >= 4 is 5.82 Å². The van der Waals surface area contributed by atoms with Gasteiger partial charge in [0.15, 0.2) is 0 Å². The lowest BCUT2D eigenvalue weighted by atomic mass is 9.74. The lowest BCUT2D eigenvalue weighted by Gasteiger charge is -2.38. The molecule has 1 saturated heterocycles. The fraction of sp³-hybridized carbons (Fsp3) is 0.500. The number of rotatable bonds is 7. The highest BCUT2D eigenvalue weighted by atomic mass is 16.5. The zero-order chi connectivity index (χ0) is 22.7. The monoisotopic (exact) mass is 433 g/mol. The van der Waals surface area contributed by atoms with E-state index in [2.05, 4.69) is 74.1 Å². The first-order chi connectivity index (χ1) is 15.4. The molecule has 0 amide bonds. The first-order valence-electron chi connectivity index (χ1n) is 11.6. The van der Waals surface area contributed by atoms with Crippen molar-refractivity contribution in [3.63, 3.8) is 0 Å². The molecule has 170 valence electrons. The Morgan fingerprint density at radius 3 is 2.44 bits per heavy atom. The van der Waals surface area contributed by atoms with Gasteiger partial charge in [0.25, 0.3) is 0 Å². The maximum atomic E-state index is 5.68. The molecule has 0 radical (unpaired) electrons. The molecule has 2 aromatic heterocycles. The number of ether oxygens (including phenoxy) is 1. The van der Waals surface area contributed by atoms with Gasteiger partial charge in [-0.15, -0.1) is 0 Å². The maximum absolute atomic E-state index is 5.68. The first kappa shape index (κ1) is 22.5. The normalized spacial score (nSPS) is 16.7. The molecule has 3 heterocycles. The van der Waals surface area contributed by atoms with Gasteiger partial charge in [0.2, 0.25) is 0 Å². The van der Waals surface area contributed by atoms with E-state index in [0.29, 0.717) is 0 Å². The van der Waals surface area contributed by atoms with E-state index in [0.717, 1.165) is 62.2 Å². The lowest BCUT2D eigenvalue weighted by Crippen LogP contribution is -2.40. The Morgan fingerprint density at radius 1 is 1.06 bits per heavy atom. The third-order valence-electron chi connectivity index (χ3n) is 7.00. The van der Waals surface area contributed by atoms with Gasteiger partial charge in [-0.2, -0.15) is 5.10 Å². The SMILES string of the molecule is Cc1nc(NCC2(c3ccccc3)CCOCC2)cc([C@@H](C)Cn2nc(C)c(C)c2C)n1. The van der Waals surface area contributed by atoms with E-state index in [-0.39, 0.29) is 11.3 Å². The van der Waals surface area contributed by atoms with E-state index in [9.17, 15) is 0 Å². The number of hydrogen-bond donors (Lipinski definition) is 1. The van der Waals surface area contributed by atoms with Crippen molar-refractivity contribution in [2.24, 2.45) is 0 Å². The van der Waals surface area contributed by atoms with Crippen LogP contribution >= 0.6 is 0 Å². The summed E-state index contributed by atoms with van der Waals surface area (Å²) in [5.74, 6) is 1.92. The van der Waals surface area contributed by atoms with Crippen molar-refractivity contribution in [3.05, 3.63) is 70.4 Å². The highest BCUT2D eigenvalue weighted by Crippen LogP contribution is 2.35. The Labute approximate surface area is 191 Å². The zero-order valence-corrected chi connectivity index (χ0v) is 20.0. The summed E-state index contributed by atoms with van der Waals surface area (Å²) in [6, 6.07) is 12.9. The van der Waals surface area contributed by atoms with E-state index < -0.39 is 0 Å². The minimum absolute atomic E-state index is 0.0609. The van der Waals surface area contributed by atoms with Crippen LogP contribution in [0.3, 0.4) is 0 Å². The highest BCUT2D eigenvalue weighted by molar-refractivity contribution is 5.39. The predicted octanol–water partition coefficient (Wildman–Crippen LogP) is 4.87. The number of aryl methyl sites for hydroxylation is 2. The molecular weight excluding hydrogens is 398 g/mol. The summed E-state index contributed by atoms with van der Waals surface area (Å²) in [4.78, 5) is 9.44. The standard InChI is InChI=1S/C26H35N5O/c1-18(16-31-21(4)19(2)20(3)30-31)24-15-25(29-22(5)28-24)27-17-26(11-13-32-14-12-26)23-9-7-6-8-10-23/h6-10,15,18H,11-14,16-17H2,1-5H3,(H,27,28,29)/t18-/m0/s1. The Hall–Kier alpha value is -2.73. The van der Waals surface area contributed by atoms with Crippen molar-refractivity contribution in [2.45, 2.75) is 65.3 Å². The molecule has 4 rings (SSSR count). The van der Waals surface area contributed by atoms with E-state index in [4.69, 9.17) is 19.8 Å². The molecule has 1 aromatic carbocycles. The van der Waals surface area contributed by atoms with E-state index in [1.165, 1.54) is 16.8 Å². The molecule has 0 saturated carbocycles. The third kappa shape index (κ3) is 4.70.